The van der Waals surface area contributed by atoms with E-state index in [0.29, 0.717) is 11.5 Å². The Kier molecular flexibility index (Phi) is 6.25. The van der Waals surface area contributed by atoms with Gasteiger partial charge in [0.2, 0.25) is 0 Å². The number of unbranched alkanes of at least 4 members (excludes halogenated alkanes) is 1. The van der Waals surface area contributed by atoms with Gasteiger partial charge in [-0.1, -0.05) is 37.6 Å². The number of nitrogens with zero attached hydrogens (tertiary/aromatic N) is 2. The Hall–Kier alpha value is -2.90. The lowest BCUT2D eigenvalue weighted by atomic mass is 10.0. The molecule has 162 valence electrons. The summed E-state index contributed by atoms with van der Waals surface area (Å²) in [7, 11) is -4.13. The van der Waals surface area contributed by atoms with Crippen molar-refractivity contribution < 1.29 is 17.7 Å². The molecular weight excluding hydrogens is 412 g/mol. The number of para-hydroxylation sites is 2. The molecule has 0 saturated carbocycles. The largest absolute Gasteiger partial charge is 0.453 e. The van der Waals surface area contributed by atoms with Crippen LogP contribution in [0.25, 0.3) is 0 Å². The van der Waals surface area contributed by atoms with E-state index in [4.69, 9.17) is 4.74 Å². The van der Waals surface area contributed by atoms with Gasteiger partial charge in [-0.25, -0.2) is 0 Å². The number of fused-ring (bicyclic) bond motifs is 2. The standard InChI is InChI=1S/C24H26N2O4S/c1-2-3-8-18-12-13-24-22(17-18)26(21-10-4-5-11-23(21)30-24)20(14-16-31(27,28)29)19-9-6-7-15-25-19/h4-7,9-13,15,17,20H,2-3,8,14,16H2,1H3,(H,27,28,29). The highest BCUT2D eigenvalue weighted by atomic mass is 32.2. The summed E-state index contributed by atoms with van der Waals surface area (Å²) >= 11 is 0. The molecule has 1 aromatic heterocycles. The zero-order chi connectivity index (χ0) is 21.8. The van der Waals surface area contributed by atoms with E-state index in [1.54, 1.807) is 6.20 Å². The molecule has 1 aliphatic rings. The van der Waals surface area contributed by atoms with E-state index in [0.717, 1.165) is 36.3 Å². The molecule has 7 heteroatoms. The van der Waals surface area contributed by atoms with Crippen LogP contribution in [0.5, 0.6) is 11.5 Å². The third-order valence-corrected chi connectivity index (χ3v) is 6.19. The number of hydrogen-bond donors (Lipinski definition) is 1. The lowest BCUT2D eigenvalue weighted by Gasteiger charge is -2.38. The zero-order valence-electron chi connectivity index (χ0n) is 17.4. The second-order valence-electron chi connectivity index (χ2n) is 7.69. The molecule has 0 aliphatic carbocycles. The molecule has 0 bridgehead atoms. The van der Waals surface area contributed by atoms with Crippen LogP contribution in [0.4, 0.5) is 11.4 Å². The van der Waals surface area contributed by atoms with Gasteiger partial charge in [0.25, 0.3) is 10.1 Å². The number of anilines is 2. The normalized spacial score (nSPS) is 13.8. The first kappa shape index (κ1) is 21.3. The van der Waals surface area contributed by atoms with Gasteiger partial charge < -0.3 is 9.64 Å². The molecule has 2 heterocycles. The molecule has 0 fully saturated rings. The van der Waals surface area contributed by atoms with Gasteiger partial charge in [0.05, 0.1) is 28.9 Å². The number of ether oxygens (including phenoxy) is 1. The number of hydrogen-bond acceptors (Lipinski definition) is 5. The molecule has 3 aromatic rings. The Morgan fingerprint density at radius 2 is 1.81 bits per heavy atom. The molecule has 2 aromatic carbocycles. The molecule has 1 unspecified atom stereocenters. The molecule has 1 aliphatic heterocycles. The number of aromatic nitrogens is 1. The molecule has 4 rings (SSSR count). The monoisotopic (exact) mass is 438 g/mol. The maximum absolute atomic E-state index is 11.6. The van der Waals surface area contributed by atoms with Crippen molar-refractivity contribution in [1.82, 2.24) is 4.98 Å². The van der Waals surface area contributed by atoms with E-state index in [2.05, 4.69) is 28.9 Å². The molecule has 0 saturated heterocycles. The number of pyridine rings is 1. The summed E-state index contributed by atoms with van der Waals surface area (Å²) in [5.74, 6) is 1.05. The van der Waals surface area contributed by atoms with Crippen molar-refractivity contribution in [2.45, 2.75) is 38.6 Å². The first-order valence-corrected chi connectivity index (χ1v) is 12.1. The maximum Gasteiger partial charge on any atom is 0.264 e. The van der Waals surface area contributed by atoms with Crippen molar-refractivity contribution in [3.63, 3.8) is 0 Å². The van der Waals surface area contributed by atoms with Crippen molar-refractivity contribution in [3.05, 3.63) is 78.1 Å². The van der Waals surface area contributed by atoms with Crippen LogP contribution in [-0.2, 0) is 16.5 Å². The van der Waals surface area contributed by atoms with E-state index in [9.17, 15) is 13.0 Å². The van der Waals surface area contributed by atoms with E-state index in [1.165, 1.54) is 5.56 Å². The van der Waals surface area contributed by atoms with Crippen molar-refractivity contribution in [3.8, 4) is 11.5 Å². The Balaban J connectivity index is 1.85. The Labute approximate surface area is 183 Å². The third kappa shape index (κ3) is 4.89. The quantitative estimate of drug-likeness (QED) is 0.455. The van der Waals surface area contributed by atoms with Crippen LogP contribution >= 0.6 is 0 Å². The van der Waals surface area contributed by atoms with Gasteiger partial charge in [0.1, 0.15) is 0 Å². The van der Waals surface area contributed by atoms with E-state index < -0.39 is 16.2 Å². The topological polar surface area (TPSA) is 79.7 Å². The number of aryl methyl sites for hydroxylation is 1. The number of benzene rings is 2. The molecular formula is C24H26N2O4S. The molecule has 6 nitrogen and oxygen atoms in total. The highest BCUT2D eigenvalue weighted by Crippen LogP contribution is 2.51. The smallest absolute Gasteiger partial charge is 0.264 e. The summed E-state index contributed by atoms with van der Waals surface area (Å²) in [6.45, 7) is 2.16. The fourth-order valence-corrected chi connectivity index (χ4v) is 4.46. The summed E-state index contributed by atoms with van der Waals surface area (Å²) in [5, 5.41) is 0. The fourth-order valence-electron chi connectivity index (χ4n) is 3.94. The van der Waals surface area contributed by atoms with Gasteiger partial charge in [-0.3, -0.25) is 9.54 Å². The summed E-state index contributed by atoms with van der Waals surface area (Å²) in [6, 6.07) is 19.1. The Morgan fingerprint density at radius 3 is 2.55 bits per heavy atom. The average Bonchev–Trinajstić information content (AvgIpc) is 2.77. The van der Waals surface area contributed by atoms with Crippen LogP contribution in [0.2, 0.25) is 0 Å². The van der Waals surface area contributed by atoms with Crippen molar-refractivity contribution >= 4 is 21.5 Å². The van der Waals surface area contributed by atoms with E-state index in [-0.39, 0.29) is 12.2 Å². The maximum atomic E-state index is 11.6. The summed E-state index contributed by atoms with van der Waals surface area (Å²) in [6.07, 6.45) is 5.02. The first-order valence-electron chi connectivity index (χ1n) is 10.5. The van der Waals surface area contributed by atoms with Crippen LogP contribution in [0.1, 0.15) is 43.5 Å². The van der Waals surface area contributed by atoms with Gasteiger partial charge in [0.15, 0.2) is 11.5 Å². The average molecular weight is 439 g/mol. The highest BCUT2D eigenvalue weighted by Gasteiger charge is 2.32. The molecule has 1 atom stereocenters. The van der Waals surface area contributed by atoms with Gasteiger partial charge >= 0.3 is 0 Å². The van der Waals surface area contributed by atoms with Crippen molar-refractivity contribution in [2.75, 3.05) is 10.7 Å². The van der Waals surface area contributed by atoms with E-state index in [1.807, 2.05) is 48.5 Å². The minimum absolute atomic E-state index is 0.183. The van der Waals surface area contributed by atoms with Crippen LogP contribution in [-0.4, -0.2) is 23.7 Å². The van der Waals surface area contributed by atoms with Crippen molar-refractivity contribution in [2.24, 2.45) is 0 Å². The zero-order valence-corrected chi connectivity index (χ0v) is 18.3. The van der Waals surface area contributed by atoms with Gasteiger partial charge in [0, 0.05) is 6.20 Å². The van der Waals surface area contributed by atoms with Gasteiger partial charge in [-0.2, -0.15) is 8.42 Å². The van der Waals surface area contributed by atoms with Crippen LogP contribution in [0, 0.1) is 0 Å². The molecule has 0 amide bonds. The van der Waals surface area contributed by atoms with E-state index >= 15 is 0 Å². The minimum Gasteiger partial charge on any atom is -0.453 e. The Morgan fingerprint density at radius 1 is 1.03 bits per heavy atom. The molecule has 31 heavy (non-hydrogen) atoms. The predicted molar refractivity (Wildman–Crippen MR) is 122 cm³/mol. The minimum atomic E-state index is -4.13. The van der Waals surface area contributed by atoms with Gasteiger partial charge in [-0.05, 0) is 61.2 Å². The summed E-state index contributed by atoms with van der Waals surface area (Å²) in [4.78, 5) is 6.61. The molecule has 0 radical (unpaired) electrons. The third-order valence-electron chi connectivity index (χ3n) is 5.44. The SMILES string of the molecule is CCCCc1ccc2c(c1)N(C(CCS(=O)(=O)O)c1ccccn1)c1ccccc1O2. The van der Waals surface area contributed by atoms with Crippen LogP contribution in [0.3, 0.4) is 0 Å². The molecule has 1 N–H and O–H groups in total. The second-order valence-corrected chi connectivity index (χ2v) is 9.26. The highest BCUT2D eigenvalue weighted by molar-refractivity contribution is 7.85. The van der Waals surface area contributed by atoms with Crippen molar-refractivity contribution in [1.29, 1.82) is 0 Å². The molecule has 0 spiro atoms. The fraction of sp³-hybridized carbons (Fsp3) is 0.292. The second kappa shape index (κ2) is 9.08. The van der Waals surface area contributed by atoms with Crippen LogP contribution < -0.4 is 9.64 Å². The lowest BCUT2D eigenvalue weighted by molar-refractivity contribution is 0.460. The lowest BCUT2D eigenvalue weighted by Crippen LogP contribution is -2.29. The number of rotatable bonds is 8. The first-order chi connectivity index (χ1) is 15.0. The predicted octanol–water partition coefficient (Wildman–Crippen LogP) is 5.69. The summed E-state index contributed by atoms with van der Waals surface area (Å²) < 4.78 is 38.8. The summed E-state index contributed by atoms with van der Waals surface area (Å²) in [5.41, 5.74) is 3.64. The van der Waals surface area contributed by atoms with Crippen LogP contribution in [0.15, 0.2) is 66.9 Å². The Bertz CT molecular complexity index is 1150. The van der Waals surface area contributed by atoms with Gasteiger partial charge in [-0.15, -0.1) is 0 Å².